The summed E-state index contributed by atoms with van der Waals surface area (Å²) in [7, 11) is -0.324. The summed E-state index contributed by atoms with van der Waals surface area (Å²) < 4.78 is 17.4. The average molecular weight is 309 g/mol. The first-order chi connectivity index (χ1) is 9.90. The Morgan fingerprint density at radius 3 is 2.32 bits per heavy atom. The fourth-order valence-electron chi connectivity index (χ4n) is 2.52. The molecule has 2 rings (SSSR count). The van der Waals surface area contributed by atoms with Gasteiger partial charge in [0.15, 0.2) is 0 Å². The fraction of sp³-hybridized carbons (Fsp3) is 0.812. The zero-order valence-electron chi connectivity index (χ0n) is 14.8. The maximum Gasteiger partial charge on any atom is 0.490 e. The summed E-state index contributed by atoms with van der Waals surface area (Å²) in [6, 6.07) is 0.0453. The monoisotopic (exact) mass is 309 g/mol. The molecule has 1 saturated heterocycles. The zero-order chi connectivity index (χ0) is 16.8. The van der Waals surface area contributed by atoms with E-state index in [9.17, 15) is 4.79 Å². The maximum absolute atomic E-state index is 11.8. The highest BCUT2D eigenvalue weighted by Gasteiger charge is 2.52. The molecule has 0 aromatic carbocycles. The summed E-state index contributed by atoms with van der Waals surface area (Å²) >= 11 is 0. The van der Waals surface area contributed by atoms with E-state index >= 15 is 0 Å². The highest BCUT2D eigenvalue weighted by Crippen LogP contribution is 2.40. The Labute approximate surface area is 133 Å². The van der Waals surface area contributed by atoms with Crippen molar-refractivity contribution in [2.75, 3.05) is 0 Å². The molecular weight excluding hydrogens is 281 g/mol. The Morgan fingerprint density at radius 1 is 1.27 bits per heavy atom. The van der Waals surface area contributed by atoms with Gasteiger partial charge in [0, 0.05) is 6.04 Å². The highest BCUT2D eigenvalue weighted by molar-refractivity contribution is 6.54. The molecule has 0 unspecified atom stereocenters. The van der Waals surface area contributed by atoms with Gasteiger partial charge in [-0.2, -0.15) is 0 Å². The van der Waals surface area contributed by atoms with Crippen molar-refractivity contribution in [3.63, 3.8) is 0 Å². The fourth-order valence-corrected chi connectivity index (χ4v) is 2.52. The lowest BCUT2D eigenvalue weighted by molar-refractivity contribution is 0.00578. The summed E-state index contributed by atoms with van der Waals surface area (Å²) in [6.45, 7) is 13.7. The smallest absolute Gasteiger partial charge is 0.444 e. The van der Waals surface area contributed by atoms with Crippen LogP contribution in [0.5, 0.6) is 0 Å². The number of carbonyl (C=O) groups excluding carboxylic acids is 1. The van der Waals surface area contributed by atoms with E-state index in [0.717, 1.165) is 18.3 Å². The largest absolute Gasteiger partial charge is 0.490 e. The maximum atomic E-state index is 11.8. The Kier molecular flexibility index (Phi) is 4.39. The molecule has 1 atom stereocenters. The van der Waals surface area contributed by atoms with E-state index in [1.165, 1.54) is 0 Å². The summed E-state index contributed by atoms with van der Waals surface area (Å²) in [5, 5.41) is 2.91. The molecule has 1 heterocycles. The molecule has 124 valence electrons. The average Bonchev–Trinajstić information content (AvgIpc) is 2.79. The van der Waals surface area contributed by atoms with Crippen LogP contribution in [-0.4, -0.2) is 36.1 Å². The van der Waals surface area contributed by atoms with Gasteiger partial charge >= 0.3 is 13.2 Å². The minimum atomic E-state index is -0.481. The van der Waals surface area contributed by atoms with Crippen LogP contribution in [0.2, 0.25) is 0 Å². The molecule has 0 bridgehead atoms. The summed E-state index contributed by atoms with van der Waals surface area (Å²) in [4.78, 5) is 11.8. The van der Waals surface area contributed by atoms with Crippen molar-refractivity contribution >= 4 is 13.2 Å². The Morgan fingerprint density at radius 2 is 1.82 bits per heavy atom. The molecule has 6 heteroatoms. The minimum absolute atomic E-state index is 0.0453. The quantitative estimate of drug-likeness (QED) is 0.796. The molecule has 0 aromatic rings. The standard InChI is InChI=1S/C16H28BNO4/c1-14(2,3)20-13(19)18-12-9-8-11(10-12)17-21-15(4,5)16(6,7)22-17/h8,12H,9-10H2,1-7H3,(H,18,19)/t12-/m1/s1. The van der Waals surface area contributed by atoms with Crippen molar-refractivity contribution in [1.29, 1.82) is 0 Å². The number of rotatable bonds is 2. The van der Waals surface area contributed by atoms with Gasteiger partial charge in [-0.15, -0.1) is 0 Å². The summed E-state index contributed by atoms with van der Waals surface area (Å²) in [6.07, 6.45) is 3.24. The molecule has 0 aromatic heterocycles. The molecule has 1 amide bonds. The van der Waals surface area contributed by atoms with Gasteiger partial charge in [-0.25, -0.2) is 4.79 Å². The lowest BCUT2D eigenvalue weighted by Gasteiger charge is -2.32. The second-order valence-corrected chi connectivity index (χ2v) is 8.15. The van der Waals surface area contributed by atoms with Crippen molar-refractivity contribution in [2.24, 2.45) is 0 Å². The number of amides is 1. The van der Waals surface area contributed by atoms with Gasteiger partial charge in [0.1, 0.15) is 5.60 Å². The van der Waals surface area contributed by atoms with Gasteiger partial charge in [0.25, 0.3) is 0 Å². The van der Waals surface area contributed by atoms with Crippen molar-refractivity contribution in [1.82, 2.24) is 5.32 Å². The SMILES string of the molecule is CC(C)(C)OC(=O)N[C@@H]1CC=C(B2OC(C)(C)C(C)(C)O2)C1. The first-order valence-electron chi connectivity index (χ1n) is 7.94. The molecule has 5 nitrogen and oxygen atoms in total. The highest BCUT2D eigenvalue weighted by atomic mass is 16.7. The molecule has 0 spiro atoms. The number of alkyl carbamates (subject to hydrolysis) is 1. The zero-order valence-corrected chi connectivity index (χ0v) is 14.8. The third-order valence-corrected chi connectivity index (χ3v) is 4.42. The molecule has 0 saturated carbocycles. The topological polar surface area (TPSA) is 56.8 Å². The van der Waals surface area contributed by atoms with Gasteiger partial charge in [-0.05, 0) is 66.8 Å². The number of hydrogen-bond donors (Lipinski definition) is 1. The van der Waals surface area contributed by atoms with Crippen LogP contribution < -0.4 is 5.32 Å². The van der Waals surface area contributed by atoms with E-state index in [1.807, 2.05) is 48.5 Å². The van der Waals surface area contributed by atoms with Gasteiger partial charge in [-0.3, -0.25) is 0 Å². The molecule has 1 aliphatic carbocycles. The summed E-state index contributed by atoms with van der Waals surface area (Å²) in [5.74, 6) is 0. The van der Waals surface area contributed by atoms with Crippen LogP contribution in [0.25, 0.3) is 0 Å². The molecule has 0 radical (unpaired) electrons. The van der Waals surface area contributed by atoms with E-state index < -0.39 is 5.60 Å². The van der Waals surface area contributed by atoms with Crippen LogP contribution >= 0.6 is 0 Å². The van der Waals surface area contributed by atoms with E-state index in [2.05, 4.69) is 11.4 Å². The van der Waals surface area contributed by atoms with Crippen LogP contribution in [-0.2, 0) is 14.0 Å². The second-order valence-electron chi connectivity index (χ2n) is 8.15. The number of hydrogen-bond acceptors (Lipinski definition) is 4. The Balaban J connectivity index is 1.87. The van der Waals surface area contributed by atoms with Gasteiger partial charge in [-0.1, -0.05) is 6.08 Å². The predicted octanol–water partition coefficient (Wildman–Crippen LogP) is 3.23. The molecule has 1 fully saturated rings. The lowest BCUT2D eigenvalue weighted by atomic mass is 9.77. The van der Waals surface area contributed by atoms with Gasteiger partial charge in [0.2, 0.25) is 0 Å². The number of ether oxygens (including phenoxy) is 1. The van der Waals surface area contributed by atoms with Crippen LogP contribution in [0.4, 0.5) is 4.79 Å². The molecule has 22 heavy (non-hydrogen) atoms. The van der Waals surface area contributed by atoms with Crippen molar-refractivity contribution in [3.05, 3.63) is 11.5 Å². The minimum Gasteiger partial charge on any atom is -0.444 e. The lowest BCUT2D eigenvalue weighted by Crippen LogP contribution is -2.41. The first-order valence-corrected chi connectivity index (χ1v) is 7.94. The van der Waals surface area contributed by atoms with E-state index in [0.29, 0.717) is 0 Å². The number of nitrogens with one attached hydrogen (secondary N) is 1. The third kappa shape index (κ3) is 3.85. The Hall–Kier alpha value is -1.01. The van der Waals surface area contributed by atoms with Crippen molar-refractivity contribution in [3.8, 4) is 0 Å². The van der Waals surface area contributed by atoms with Crippen molar-refractivity contribution < 1.29 is 18.8 Å². The normalized spacial score (nSPS) is 26.8. The van der Waals surface area contributed by atoms with Gasteiger partial charge < -0.3 is 19.4 Å². The Bertz CT molecular complexity index is 463. The van der Waals surface area contributed by atoms with Gasteiger partial charge in [0.05, 0.1) is 11.2 Å². The first kappa shape index (κ1) is 17.4. The predicted molar refractivity (Wildman–Crippen MR) is 86.6 cm³/mol. The van der Waals surface area contributed by atoms with E-state index in [1.54, 1.807) is 0 Å². The van der Waals surface area contributed by atoms with Crippen molar-refractivity contribution in [2.45, 2.75) is 84.2 Å². The molecule has 1 N–H and O–H groups in total. The van der Waals surface area contributed by atoms with E-state index in [-0.39, 0.29) is 30.5 Å². The molecule has 1 aliphatic heterocycles. The third-order valence-electron chi connectivity index (χ3n) is 4.42. The van der Waals surface area contributed by atoms with Crippen LogP contribution in [0.1, 0.15) is 61.3 Å². The van der Waals surface area contributed by atoms with Crippen LogP contribution in [0, 0.1) is 0 Å². The number of carbonyl (C=O) groups is 1. The summed E-state index contributed by atoms with van der Waals surface area (Å²) in [5.41, 5.74) is -0.0607. The molecular formula is C16H28BNO4. The van der Waals surface area contributed by atoms with Crippen LogP contribution in [0.3, 0.4) is 0 Å². The molecule has 2 aliphatic rings. The van der Waals surface area contributed by atoms with Crippen LogP contribution in [0.15, 0.2) is 11.5 Å². The second kappa shape index (κ2) is 5.57. The van der Waals surface area contributed by atoms with E-state index in [4.69, 9.17) is 14.0 Å².